The minimum absolute atomic E-state index is 0.0394. The summed E-state index contributed by atoms with van der Waals surface area (Å²) in [5.41, 5.74) is 0.634. The fraction of sp³-hybridized carbons (Fsp3) is 0.450. The molecule has 1 aliphatic rings. The maximum Gasteiger partial charge on any atom is 0.251 e. The van der Waals surface area contributed by atoms with Gasteiger partial charge in [0.15, 0.2) is 0 Å². The van der Waals surface area contributed by atoms with Crippen LogP contribution in [0.3, 0.4) is 0 Å². The Bertz CT molecular complexity index is 665. The fourth-order valence-corrected chi connectivity index (χ4v) is 4.24. The number of hydrogen-bond donors (Lipinski definition) is 1. The number of nitrogens with one attached hydrogen (secondary N) is 1. The molecule has 3 rings (SSSR count). The van der Waals surface area contributed by atoms with Crippen LogP contribution >= 0.6 is 11.3 Å². The molecule has 1 amide bonds. The van der Waals surface area contributed by atoms with Gasteiger partial charge in [-0.1, -0.05) is 25.0 Å². The molecule has 1 atom stereocenters. The number of carbonyl (C=O) groups is 1. The SMILES string of the molecule is COCCOc1cccc(C(=O)NC(c2cccs2)C2CCCC2)c1. The van der Waals surface area contributed by atoms with Crippen LogP contribution < -0.4 is 10.1 Å². The molecule has 5 heteroatoms. The first-order valence-electron chi connectivity index (χ1n) is 8.84. The number of amides is 1. The molecular weight excluding hydrogens is 334 g/mol. The Balaban J connectivity index is 1.69. The summed E-state index contributed by atoms with van der Waals surface area (Å²) < 4.78 is 10.6. The van der Waals surface area contributed by atoms with Gasteiger partial charge in [0.1, 0.15) is 12.4 Å². The average molecular weight is 359 g/mol. The summed E-state index contributed by atoms with van der Waals surface area (Å²) in [5, 5.41) is 5.34. The highest BCUT2D eigenvalue weighted by atomic mass is 32.1. The topological polar surface area (TPSA) is 47.6 Å². The molecule has 1 unspecified atom stereocenters. The molecule has 0 aliphatic heterocycles. The second-order valence-electron chi connectivity index (χ2n) is 6.38. The lowest BCUT2D eigenvalue weighted by Crippen LogP contribution is -2.32. The molecule has 2 aromatic rings. The molecule has 1 aliphatic carbocycles. The second-order valence-corrected chi connectivity index (χ2v) is 7.36. The fourth-order valence-electron chi connectivity index (χ4n) is 3.37. The predicted molar refractivity (Wildman–Crippen MR) is 100 cm³/mol. The zero-order valence-corrected chi connectivity index (χ0v) is 15.4. The van der Waals surface area contributed by atoms with Crippen molar-refractivity contribution in [3.8, 4) is 5.75 Å². The predicted octanol–water partition coefficient (Wildman–Crippen LogP) is 4.43. The van der Waals surface area contributed by atoms with Gasteiger partial charge in [-0.2, -0.15) is 0 Å². The van der Waals surface area contributed by atoms with E-state index in [9.17, 15) is 4.79 Å². The molecule has 25 heavy (non-hydrogen) atoms. The molecule has 1 fully saturated rings. The van der Waals surface area contributed by atoms with Crippen LogP contribution in [-0.4, -0.2) is 26.2 Å². The van der Waals surface area contributed by atoms with Gasteiger partial charge in [0, 0.05) is 17.6 Å². The lowest BCUT2D eigenvalue weighted by molar-refractivity contribution is 0.0922. The van der Waals surface area contributed by atoms with Crippen LogP contribution in [0.15, 0.2) is 41.8 Å². The first kappa shape index (κ1) is 18.0. The molecule has 1 aromatic heterocycles. The summed E-state index contributed by atoms with van der Waals surface area (Å²) in [7, 11) is 1.64. The normalized spacial score (nSPS) is 15.9. The third kappa shape index (κ3) is 4.83. The van der Waals surface area contributed by atoms with Crippen molar-refractivity contribution < 1.29 is 14.3 Å². The standard InChI is InChI=1S/C20H25NO3S/c1-23-11-12-24-17-9-4-8-16(14-17)20(22)21-19(15-6-2-3-7-15)18-10-5-13-25-18/h4-5,8-10,13-15,19H,2-3,6-7,11-12H2,1H3,(H,21,22). The Morgan fingerprint density at radius 2 is 2.08 bits per heavy atom. The van der Waals surface area contributed by atoms with E-state index in [2.05, 4.69) is 22.8 Å². The Morgan fingerprint density at radius 1 is 1.24 bits per heavy atom. The van der Waals surface area contributed by atoms with E-state index in [4.69, 9.17) is 9.47 Å². The Kier molecular flexibility index (Phi) is 6.48. The zero-order valence-electron chi connectivity index (χ0n) is 14.6. The van der Waals surface area contributed by atoms with E-state index in [0.717, 1.165) is 0 Å². The number of rotatable bonds is 8. The molecule has 1 heterocycles. The van der Waals surface area contributed by atoms with Gasteiger partial charge < -0.3 is 14.8 Å². The first-order valence-corrected chi connectivity index (χ1v) is 9.72. The molecule has 0 saturated heterocycles. The number of ether oxygens (including phenoxy) is 2. The maximum atomic E-state index is 12.8. The van der Waals surface area contributed by atoms with E-state index >= 15 is 0 Å². The molecule has 1 saturated carbocycles. The van der Waals surface area contributed by atoms with Gasteiger partial charge in [0.05, 0.1) is 12.6 Å². The lowest BCUT2D eigenvalue weighted by atomic mass is 9.96. The van der Waals surface area contributed by atoms with Crippen molar-refractivity contribution in [2.45, 2.75) is 31.7 Å². The van der Waals surface area contributed by atoms with E-state index < -0.39 is 0 Å². The highest BCUT2D eigenvalue weighted by Crippen LogP contribution is 2.37. The number of carbonyl (C=O) groups excluding carboxylic acids is 1. The Hall–Kier alpha value is -1.85. The summed E-state index contributed by atoms with van der Waals surface area (Å²) in [5.74, 6) is 1.18. The first-order chi connectivity index (χ1) is 12.3. The summed E-state index contributed by atoms with van der Waals surface area (Å²) in [6, 6.07) is 11.6. The smallest absolute Gasteiger partial charge is 0.251 e. The Labute approximate surface area is 153 Å². The quantitative estimate of drug-likeness (QED) is 0.709. The third-order valence-electron chi connectivity index (χ3n) is 4.66. The molecule has 1 N–H and O–H groups in total. The van der Waals surface area contributed by atoms with Crippen molar-refractivity contribution in [1.29, 1.82) is 0 Å². The number of hydrogen-bond acceptors (Lipinski definition) is 4. The third-order valence-corrected chi connectivity index (χ3v) is 5.62. The van der Waals surface area contributed by atoms with E-state index in [-0.39, 0.29) is 11.9 Å². The van der Waals surface area contributed by atoms with E-state index in [1.54, 1.807) is 24.5 Å². The molecule has 1 aromatic carbocycles. The van der Waals surface area contributed by atoms with Crippen molar-refractivity contribution in [2.24, 2.45) is 5.92 Å². The summed E-state index contributed by atoms with van der Waals surface area (Å²) in [6.07, 6.45) is 4.88. The monoisotopic (exact) mass is 359 g/mol. The van der Waals surface area contributed by atoms with Crippen LogP contribution in [0.5, 0.6) is 5.75 Å². The van der Waals surface area contributed by atoms with Crippen molar-refractivity contribution in [3.63, 3.8) is 0 Å². The van der Waals surface area contributed by atoms with Crippen molar-refractivity contribution in [2.75, 3.05) is 20.3 Å². The zero-order chi connectivity index (χ0) is 17.5. The van der Waals surface area contributed by atoms with Crippen LogP contribution in [0.1, 0.15) is 47.0 Å². The van der Waals surface area contributed by atoms with E-state index in [1.807, 2.05) is 18.2 Å². The summed E-state index contributed by atoms with van der Waals surface area (Å²) in [6.45, 7) is 1.00. The second kappa shape index (κ2) is 9.02. The van der Waals surface area contributed by atoms with Gasteiger partial charge >= 0.3 is 0 Å². The van der Waals surface area contributed by atoms with E-state index in [0.29, 0.717) is 30.4 Å². The van der Waals surface area contributed by atoms with Crippen LogP contribution in [0.4, 0.5) is 0 Å². The van der Waals surface area contributed by atoms with Crippen LogP contribution in [-0.2, 0) is 4.74 Å². The lowest BCUT2D eigenvalue weighted by Gasteiger charge is -2.24. The van der Waals surface area contributed by atoms with Gasteiger partial charge in [0.25, 0.3) is 5.91 Å². The Morgan fingerprint density at radius 3 is 2.80 bits per heavy atom. The van der Waals surface area contributed by atoms with Crippen LogP contribution in [0, 0.1) is 5.92 Å². The largest absolute Gasteiger partial charge is 0.491 e. The number of methoxy groups -OCH3 is 1. The maximum absolute atomic E-state index is 12.8. The van der Waals surface area contributed by atoms with E-state index in [1.165, 1.54) is 30.6 Å². The average Bonchev–Trinajstić information content (AvgIpc) is 3.34. The van der Waals surface area contributed by atoms with Crippen LogP contribution in [0.25, 0.3) is 0 Å². The highest BCUT2D eigenvalue weighted by Gasteiger charge is 2.28. The minimum atomic E-state index is -0.0394. The van der Waals surface area contributed by atoms with Gasteiger partial charge in [-0.05, 0) is 48.4 Å². The molecule has 0 spiro atoms. The van der Waals surface area contributed by atoms with Gasteiger partial charge in [0.2, 0.25) is 0 Å². The van der Waals surface area contributed by atoms with Crippen molar-refractivity contribution in [1.82, 2.24) is 5.32 Å². The van der Waals surface area contributed by atoms with Crippen molar-refractivity contribution >= 4 is 17.2 Å². The van der Waals surface area contributed by atoms with Gasteiger partial charge in [-0.3, -0.25) is 4.79 Å². The van der Waals surface area contributed by atoms with Crippen LogP contribution in [0.2, 0.25) is 0 Å². The number of benzene rings is 1. The summed E-state index contributed by atoms with van der Waals surface area (Å²) in [4.78, 5) is 14.0. The number of thiophene rings is 1. The molecule has 134 valence electrons. The summed E-state index contributed by atoms with van der Waals surface area (Å²) >= 11 is 1.72. The molecule has 0 radical (unpaired) electrons. The highest BCUT2D eigenvalue weighted by molar-refractivity contribution is 7.10. The molecule has 4 nitrogen and oxygen atoms in total. The van der Waals surface area contributed by atoms with Gasteiger partial charge in [-0.25, -0.2) is 0 Å². The molecule has 0 bridgehead atoms. The molecular formula is C20H25NO3S. The van der Waals surface area contributed by atoms with Gasteiger partial charge in [-0.15, -0.1) is 11.3 Å². The van der Waals surface area contributed by atoms with Crippen molar-refractivity contribution in [3.05, 3.63) is 52.2 Å². The minimum Gasteiger partial charge on any atom is -0.491 e.